The van der Waals surface area contributed by atoms with Gasteiger partial charge in [0.2, 0.25) is 0 Å². The molecule has 2 heterocycles. The van der Waals surface area contributed by atoms with E-state index in [1.165, 1.54) is 19.1 Å². The summed E-state index contributed by atoms with van der Waals surface area (Å²) < 4.78 is 10.5. The second kappa shape index (κ2) is 8.96. The number of ketones is 1. The highest BCUT2D eigenvalue weighted by Crippen LogP contribution is 2.40. The van der Waals surface area contributed by atoms with Crippen molar-refractivity contribution in [3.8, 4) is 11.5 Å². The molecular formula is C22H25N3O5. The van der Waals surface area contributed by atoms with Crippen LogP contribution in [0.4, 0.5) is 0 Å². The third-order valence-corrected chi connectivity index (χ3v) is 4.99. The van der Waals surface area contributed by atoms with E-state index in [0.717, 1.165) is 0 Å². The first-order valence-corrected chi connectivity index (χ1v) is 9.44. The van der Waals surface area contributed by atoms with Crippen LogP contribution in [-0.4, -0.2) is 73.0 Å². The molecule has 0 saturated carbocycles. The Morgan fingerprint density at radius 1 is 1.17 bits per heavy atom. The summed E-state index contributed by atoms with van der Waals surface area (Å²) in [4.78, 5) is 33.3. The van der Waals surface area contributed by atoms with E-state index in [-0.39, 0.29) is 11.3 Å². The van der Waals surface area contributed by atoms with E-state index in [0.29, 0.717) is 35.7 Å². The molecule has 1 N–H and O–H groups in total. The van der Waals surface area contributed by atoms with Gasteiger partial charge in [-0.15, -0.1) is 0 Å². The maximum atomic E-state index is 12.9. The smallest absolute Gasteiger partial charge is 0.295 e. The van der Waals surface area contributed by atoms with Crippen molar-refractivity contribution in [2.75, 3.05) is 41.4 Å². The molecule has 8 heteroatoms. The summed E-state index contributed by atoms with van der Waals surface area (Å²) in [7, 11) is 6.77. The highest BCUT2D eigenvalue weighted by atomic mass is 16.5. The number of likely N-dealkylation sites (tertiary alicyclic amines) is 1. The van der Waals surface area contributed by atoms with E-state index >= 15 is 0 Å². The van der Waals surface area contributed by atoms with Crippen LogP contribution < -0.4 is 9.47 Å². The van der Waals surface area contributed by atoms with Crippen molar-refractivity contribution in [2.45, 2.75) is 6.04 Å². The number of aliphatic hydroxyl groups excluding tert-OH is 1. The number of rotatable bonds is 7. The van der Waals surface area contributed by atoms with Gasteiger partial charge in [-0.25, -0.2) is 0 Å². The van der Waals surface area contributed by atoms with E-state index < -0.39 is 17.7 Å². The van der Waals surface area contributed by atoms with Crippen LogP contribution in [0.1, 0.15) is 17.2 Å². The maximum Gasteiger partial charge on any atom is 0.295 e. The Hall–Kier alpha value is -3.39. The predicted molar refractivity (Wildman–Crippen MR) is 111 cm³/mol. The molecule has 1 aromatic carbocycles. The number of hydrogen-bond acceptors (Lipinski definition) is 7. The average Bonchev–Trinajstić information content (AvgIpc) is 3.01. The molecular weight excluding hydrogens is 386 g/mol. The quantitative estimate of drug-likeness (QED) is 0.424. The summed E-state index contributed by atoms with van der Waals surface area (Å²) in [5.41, 5.74) is 1.03. The molecule has 1 aliphatic rings. The molecule has 0 radical (unpaired) electrons. The van der Waals surface area contributed by atoms with Crippen molar-refractivity contribution in [3.05, 3.63) is 59.4 Å². The van der Waals surface area contributed by atoms with Crippen LogP contribution in [0.25, 0.3) is 5.76 Å². The van der Waals surface area contributed by atoms with E-state index in [1.54, 1.807) is 42.7 Å². The van der Waals surface area contributed by atoms with Gasteiger partial charge in [-0.2, -0.15) is 0 Å². The number of Topliss-reactive ketones (excluding diaryl/α,β-unsaturated/α-hetero) is 1. The van der Waals surface area contributed by atoms with Crippen molar-refractivity contribution in [1.82, 2.24) is 14.8 Å². The summed E-state index contributed by atoms with van der Waals surface area (Å²) >= 11 is 0. The van der Waals surface area contributed by atoms with E-state index in [1.807, 2.05) is 19.0 Å². The summed E-state index contributed by atoms with van der Waals surface area (Å²) in [6, 6.07) is 7.61. The Morgan fingerprint density at radius 2 is 1.90 bits per heavy atom. The molecule has 30 heavy (non-hydrogen) atoms. The van der Waals surface area contributed by atoms with Crippen LogP contribution in [0, 0.1) is 0 Å². The number of benzene rings is 1. The van der Waals surface area contributed by atoms with Crippen molar-refractivity contribution in [1.29, 1.82) is 0 Å². The van der Waals surface area contributed by atoms with Gasteiger partial charge >= 0.3 is 0 Å². The number of methoxy groups -OCH3 is 2. The molecule has 1 aliphatic heterocycles. The molecule has 8 nitrogen and oxygen atoms in total. The highest BCUT2D eigenvalue weighted by Gasteiger charge is 2.46. The number of ether oxygens (including phenoxy) is 2. The largest absolute Gasteiger partial charge is 0.507 e. The number of aromatic nitrogens is 1. The van der Waals surface area contributed by atoms with Crippen LogP contribution in [-0.2, 0) is 9.59 Å². The first kappa shape index (κ1) is 21.3. The molecule has 1 atom stereocenters. The van der Waals surface area contributed by atoms with Gasteiger partial charge in [-0.05, 0) is 43.9 Å². The maximum absolute atomic E-state index is 12.9. The van der Waals surface area contributed by atoms with Crippen molar-refractivity contribution in [2.24, 2.45) is 0 Å². The second-order valence-corrected chi connectivity index (χ2v) is 7.15. The number of pyridine rings is 1. The number of likely N-dealkylation sites (N-methyl/N-ethyl adjacent to an activating group) is 1. The predicted octanol–water partition coefficient (Wildman–Crippen LogP) is 2.08. The van der Waals surface area contributed by atoms with Gasteiger partial charge in [0.1, 0.15) is 5.76 Å². The van der Waals surface area contributed by atoms with Crippen molar-refractivity contribution < 1.29 is 24.2 Å². The molecule has 0 spiro atoms. The summed E-state index contributed by atoms with van der Waals surface area (Å²) in [6.07, 6.45) is 3.21. The normalized spacial score (nSPS) is 18.2. The number of carbonyl (C=O) groups is 2. The van der Waals surface area contributed by atoms with Crippen LogP contribution >= 0.6 is 0 Å². The lowest BCUT2D eigenvalue weighted by atomic mass is 9.96. The lowest BCUT2D eigenvalue weighted by molar-refractivity contribution is -0.140. The standard InChI is InChI=1S/C22H25N3O5/c1-24(2)10-11-25-19(15-6-5-9-23-13-15)18(21(27)22(25)28)20(26)14-7-8-16(29-3)17(12-14)30-4/h5-9,12-13,19,26H,10-11H2,1-4H3/t19-/m0/s1. The van der Waals surface area contributed by atoms with Gasteiger partial charge in [-0.1, -0.05) is 6.07 Å². The summed E-state index contributed by atoms with van der Waals surface area (Å²) in [5, 5.41) is 11.1. The monoisotopic (exact) mass is 411 g/mol. The van der Waals surface area contributed by atoms with Crippen molar-refractivity contribution in [3.63, 3.8) is 0 Å². The van der Waals surface area contributed by atoms with Crippen molar-refractivity contribution >= 4 is 17.4 Å². The Balaban J connectivity index is 2.14. The third kappa shape index (κ3) is 3.99. The Kier molecular flexibility index (Phi) is 6.37. The zero-order valence-electron chi connectivity index (χ0n) is 17.5. The second-order valence-electron chi connectivity index (χ2n) is 7.15. The minimum Gasteiger partial charge on any atom is -0.507 e. The molecule has 0 bridgehead atoms. The Labute approximate surface area is 175 Å². The zero-order valence-corrected chi connectivity index (χ0v) is 17.5. The minimum atomic E-state index is -0.730. The number of nitrogens with zero attached hydrogens (tertiary/aromatic N) is 3. The van der Waals surface area contributed by atoms with Crippen LogP contribution in [0.5, 0.6) is 11.5 Å². The Bertz CT molecular complexity index is 972. The number of carbonyl (C=O) groups excluding carboxylic acids is 2. The molecule has 2 aromatic rings. The van der Waals surface area contributed by atoms with Gasteiger partial charge in [0, 0.05) is 31.0 Å². The molecule has 0 unspecified atom stereocenters. The SMILES string of the molecule is COc1ccc(C(O)=C2C(=O)C(=O)N(CCN(C)C)[C@H]2c2cccnc2)cc1OC. The summed E-state index contributed by atoms with van der Waals surface area (Å²) in [6.45, 7) is 0.903. The van der Waals surface area contributed by atoms with Gasteiger partial charge in [0.25, 0.3) is 11.7 Å². The molecule has 1 fully saturated rings. The minimum absolute atomic E-state index is 0.0268. The van der Waals surface area contributed by atoms with Gasteiger partial charge in [0.15, 0.2) is 11.5 Å². The third-order valence-electron chi connectivity index (χ3n) is 4.99. The average molecular weight is 411 g/mol. The van der Waals surface area contributed by atoms with Gasteiger partial charge in [0.05, 0.1) is 25.8 Å². The first-order valence-electron chi connectivity index (χ1n) is 9.44. The van der Waals surface area contributed by atoms with Crippen LogP contribution in [0.3, 0.4) is 0 Å². The number of aliphatic hydroxyl groups is 1. The van der Waals surface area contributed by atoms with Gasteiger partial charge < -0.3 is 24.4 Å². The fourth-order valence-corrected chi connectivity index (χ4v) is 3.44. The van der Waals surface area contributed by atoms with Gasteiger partial charge in [-0.3, -0.25) is 14.6 Å². The Morgan fingerprint density at radius 3 is 2.50 bits per heavy atom. The first-order chi connectivity index (χ1) is 14.4. The molecule has 1 amide bonds. The lowest BCUT2D eigenvalue weighted by Gasteiger charge is -2.26. The highest BCUT2D eigenvalue weighted by molar-refractivity contribution is 6.46. The fourth-order valence-electron chi connectivity index (χ4n) is 3.44. The van der Waals surface area contributed by atoms with E-state index in [2.05, 4.69) is 4.98 Å². The summed E-state index contributed by atoms with van der Waals surface area (Å²) in [5.74, 6) is -0.747. The molecule has 1 saturated heterocycles. The zero-order chi connectivity index (χ0) is 21.8. The molecule has 1 aromatic heterocycles. The molecule has 158 valence electrons. The van der Waals surface area contributed by atoms with Crippen LogP contribution in [0.2, 0.25) is 0 Å². The molecule has 3 rings (SSSR count). The topological polar surface area (TPSA) is 92.2 Å². The van der Waals surface area contributed by atoms with E-state index in [9.17, 15) is 14.7 Å². The van der Waals surface area contributed by atoms with Crippen LogP contribution in [0.15, 0.2) is 48.3 Å². The fraction of sp³-hybridized carbons (Fsp3) is 0.318. The molecule has 0 aliphatic carbocycles. The lowest BCUT2D eigenvalue weighted by Crippen LogP contribution is -2.35. The number of amides is 1. The van der Waals surface area contributed by atoms with E-state index in [4.69, 9.17) is 9.47 Å². The number of hydrogen-bond donors (Lipinski definition) is 1.